The minimum atomic E-state index is -4.89. The quantitative estimate of drug-likeness (QED) is 0.745. The number of amides is 1. The first-order valence-corrected chi connectivity index (χ1v) is 7.54. The average Bonchev–Trinajstić information content (AvgIpc) is 2.93. The molecule has 1 aromatic heterocycles. The van der Waals surface area contributed by atoms with Gasteiger partial charge >= 0.3 is 6.18 Å². The van der Waals surface area contributed by atoms with E-state index in [9.17, 15) is 23.1 Å². The van der Waals surface area contributed by atoms with Crippen LogP contribution in [0, 0.1) is 0 Å². The van der Waals surface area contributed by atoms with Crippen LogP contribution in [0.2, 0.25) is 0 Å². The summed E-state index contributed by atoms with van der Waals surface area (Å²) < 4.78 is 41.0. The lowest BCUT2D eigenvalue weighted by Crippen LogP contribution is -2.50. The van der Waals surface area contributed by atoms with E-state index in [2.05, 4.69) is 15.6 Å². The van der Waals surface area contributed by atoms with Gasteiger partial charge in [-0.05, 0) is 19.4 Å². The first kappa shape index (κ1) is 17.7. The molecule has 0 aliphatic carbocycles. The fourth-order valence-corrected chi connectivity index (χ4v) is 2.71. The molecule has 0 spiro atoms. The van der Waals surface area contributed by atoms with Crippen molar-refractivity contribution in [1.82, 2.24) is 20.2 Å². The second kappa shape index (κ2) is 6.88. The van der Waals surface area contributed by atoms with E-state index in [1.54, 1.807) is 0 Å². The van der Waals surface area contributed by atoms with Crippen molar-refractivity contribution in [1.29, 1.82) is 0 Å². The number of nitrogens with one attached hydrogen (secondary N) is 2. The highest BCUT2D eigenvalue weighted by Crippen LogP contribution is 2.40. The summed E-state index contributed by atoms with van der Waals surface area (Å²) in [7, 11) is 1.38. The van der Waals surface area contributed by atoms with Gasteiger partial charge in [0.2, 0.25) is 11.5 Å². The molecule has 23 heavy (non-hydrogen) atoms. The van der Waals surface area contributed by atoms with E-state index < -0.39 is 24.0 Å². The Kier molecular flexibility index (Phi) is 5.30. The molecule has 1 aliphatic rings. The number of carbonyl (C=O) groups excluding carboxylic acids is 1. The van der Waals surface area contributed by atoms with Crippen LogP contribution < -0.4 is 10.6 Å². The molecule has 2 heterocycles. The maximum Gasteiger partial charge on any atom is 0.424 e. The first-order chi connectivity index (χ1) is 10.8. The molecule has 2 unspecified atom stereocenters. The summed E-state index contributed by atoms with van der Waals surface area (Å²) in [5, 5.41) is 15.6. The van der Waals surface area contributed by atoms with Crippen LogP contribution in [0.4, 0.5) is 13.2 Å². The Morgan fingerprint density at radius 2 is 2.26 bits per heavy atom. The second-order valence-corrected chi connectivity index (χ2v) is 5.76. The Bertz CT molecular complexity index is 540. The van der Waals surface area contributed by atoms with Crippen molar-refractivity contribution in [3.8, 4) is 0 Å². The van der Waals surface area contributed by atoms with E-state index in [0.29, 0.717) is 6.42 Å². The van der Waals surface area contributed by atoms with E-state index in [4.69, 9.17) is 0 Å². The van der Waals surface area contributed by atoms with Crippen molar-refractivity contribution in [3.05, 3.63) is 18.2 Å². The minimum Gasteiger partial charge on any atom is -0.374 e. The zero-order valence-corrected chi connectivity index (χ0v) is 12.9. The van der Waals surface area contributed by atoms with Crippen LogP contribution in [0.25, 0.3) is 0 Å². The molecule has 1 aromatic rings. The number of alkyl halides is 3. The van der Waals surface area contributed by atoms with Crippen LogP contribution in [0.5, 0.6) is 0 Å². The largest absolute Gasteiger partial charge is 0.424 e. The fourth-order valence-electron chi connectivity index (χ4n) is 2.71. The molecule has 0 bridgehead atoms. The number of rotatable bonds is 5. The third-order valence-corrected chi connectivity index (χ3v) is 4.07. The molecular formula is C14H21F3N4O2. The maximum atomic E-state index is 13.3. The summed E-state index contributed by atoms with van der Waals surface area (Å²) in [6.45, 7) is 0.428. The lowest BCUT2D eigenvalue weighted by Gasteiger charge is -2.30. The van der Waals surface area contributed by atoms with Gasteiger partial charge in [-0.25, -0.2) is 4.98 Å². The van der Waals surface area contributed by atoms with Crippen LogP contribution in [0.15, 0.2) is 12.4 Å². The molecule has 9 heteroatoms. The van der Waals surface area contributed by atoms with Crippen LogP contribution >= 0.6 is 0 Å². The van der Waals surface area contributed by atoms with Crippen LogP contribution in [0.3, 0.4) is 0 Å². The van der Waals surface area contributed by atoms with Gasteiger partial charge in [-0.1, -0.05) is 6.42 Å². The summed E-state index contributed by atoms with van der Waals surface area (Å²) in [5.74, 6) is -0.830. The molecule has 0 aromatic carbocycles. The summed E-state index contributed by atoms with van der Waals surface area (Å²) in [6.07, 6.45) is -0.511. The number of aromatic nitrogens is 2. The third-order valence-electron chi connectivity index (χ3n) is 4.07. The monoisotopic (exact) mass is 334 g/mol. The maximum absolute atomic E-state index is 13.3. The molecular weight excluding hydrogens is 313 g/mol. The first-order valence-electron chi connectivity index (χ1n) is 7.54. The Hall–Kier alpha value is -1.61. The normalized spacial score (nSPS) is 21.7. The van der Waals surface area contributed by atoms with E-state index in [1.807, 2.05) is 0 Å². The van der Waals surface area contributed by atoms with Crippen molar-refractivity contribution in [2.45, 2.75) is 43.5 Å². The van der Waals surface area contributed by atoms with Gasteiger partial charge in [-0.2, -0.15) is 13.2 Å². The molecule has 2 atom stereocenters. The highest BCUT2D eigenvalue weighted by Gasteiger charge is 2.57. The van der Waals surface area contributed by atoms with Crippen LogP contribution in [-0.2, 0) is 17.4 Å². The Labute approximate surface area is 132 Å². The molecule has 6 nitrogen and oxygen atoms in total. The van der Waals surface area contributed by atoms with Gasteiger partial charge in [-0.15, -0.1) is 0 Å². The summed E-state index contributed by atoms with van der Waals surface area (Å²) in [4.78, 5) is 15.5. The molecule has 2 rings (SSSR count). The smallest absolute Gasteiger partial charge is 0.374 e. The molecule has 3 N–H and O–H groups in total. The number of halogens is 3. The topological polar surface area (TPSA) is 79.2 Å². The molecule has 1 aliphatic heterocycles. The number of aliphatic hydroxyl groups is 1. The van der Waals surface area contributed by atoms with Crippen LogP contribution in [-0.4, -0.2) is 45.9 Å². The Morgan fingerprint density at radius 3 is 2.78 bits per heavy atom. The standard InChI is InChI=1S/C14H21F3N4O2/c1-21-9-8-20-12(21)13(23,14(15,16)17)5-7-19-11(22)10-4-2-3-6-18-10/h8-10,18,23H,2-7H2,1H3,(H,19,22). The van der Waals surface area contributed by atoms with Crippen molar-refractivity contribution < 1.29 is 23.1 Å². The predicted molar refractivity (Wildman–Crippen MR) is 76.4 cm³/mol. The van der Waals surface area contributed by atoms with E-state index >= 15 is 0 Å². The number of hydrogen-bond acceptors (Lipinski definition) is 4. The van der Waals surface area contributed by atoms with Gasteiger partial charge in [0.05, 0.1) is 6.04 Å². The highest BCUT2D eigenvalue weighted by molar-refractivity contribution is 5.81. The van der Waals surface area contributed by atoms with Gasteiger partial charge in [0.1, 0.15) is 5.82 Å². The summed E-state index contributed by atoms with van der Waals surface area (Å²) >= 11 is 0. The SMILES string of the molecule is Cn1ccnc1C(O)(CCNC(=O)C1CCCCN1)C(F)(F)F. The number of aryl methyl sites for hydroxylation is 1. The van der Waals surface area contributed by atoms with Gasteiger partial charge in [0.25, 0.3) is 0 Å². The zero-order valence-electron chi connectivity index (χ0n) is 12.9. The molecule has 1 saturated heterocycles. The Morgan fingerprint density at radius 1 is 1.52 bits per heavy atom. The third kappa shape index (κ3) is 3.84. The van der Waals surface area contributed by atoms with Gasteiger partial charge in [0.15, 0.2) is 0 Å². The molecule has 1 fully saturated rings. The molecule has 0 saturated carbocycles. The molecule has 130 valence electrons. The Balaban J connectivity index is 2.00. The van der Waals surface area contributed by atoms with Crippen molar-refractivity contribution in [2.75, 3.05) is 13.1 Å². The predicted octanol–water partition coefficient (Wildman–Crippen LogP) is 0.818. The number of imidazole rings is 1. The average molecular weight is 334 g/mol. The number of piperidine rings is 1. The minimum absolute atomic E-state index is 0.292. The van der Waals surface area contributed by atoms with Gasteiger partial charge in [-0.3, -0.25) is 4.79 Å². The summed E-state index contributed by atoms with van der Waals surface area (Å²) in [5.41, 5.74) is -3.10. The second-order valence-electron chi connectivity index (χ2n) is 5.76. The lowest BCUT2D eigenvalue weighted by atomic mass is 9.97. The summed E-state index contributed by atoms with van der Waals surface area (Å²) in [6, 6.07) is -0.379. The van der Waals surface area contributed by atoms with Gasteiger partial charge in [0, 0.05) is 32.4 Å². The fraction of sp³-hybridized carbons (Fsp3) is 0.714. The number of nitrogens with zero attached hydrogens (tertiary/aromatic N) is 2. The zero-order chi connectivity index (χ0) is 17.1. The number of carbonyl (C=O) groups is 1. The van der Waals surface area contributed by atoms with Crippen LogP contribution in [0.1, 0.15) is 31.5 Å². The van der Waals surface area contributed by atoms with Crippen molar-refractivity contribution >= 4 is 5.91 Å². The van der Waals surface area contributed by atoms with Crippen molar-refractivity contribution in [3.63, 3.8) is 0 Å². The molecule has 0 radical (unpaired) electrons. The van der Waals surface area contributed by atoms with Gasteiger partial charge < -0.3 is 20.3 Å². The lowest BCUT2D eigenvalue weighted by molar-refractivity contribution is -0.272. The van der Waals surface area contributed by atoms with E-state index in [1.165, 1.54) is 19.4 Å². The molecule has 1 amide bonds. The van der Waals surface area contributed by atoms with E-state index in [-0.39, 0.29) is 18.5 Å². The number of hydrogen-bond donors (Lipinski definition) is 3. The van der Waals surface area contributed by atoms with E-state index in [0.717, 1.165) is 24.0 Å². The van der Waals surface area contributed by atoms with Crippen molar-refractivity contribution in [2.24, 2.45) is 7.05 Å². The highest BCUT2D eigenvalue weighted by atomic mass is 19.4.